The number of pyridine rings is 1. The van der Waals surface area contributed by atoms with E-state index in [0.717, 1.165) is 18.7 Å². The SMILES string of the molecule is COCCC(C)Nc1ccnc(NN)c1. The van der Waals surface area contributed by atoms with Gasteiger partial charge in [0.15, 0.2) is 0 Å². The van der Waals surface area contributed by atoms with E-state index in [1.165, 1.54) is 0 Å². The van der Waals surface area contributed by atoms with E-state index in [2.05, 4.69) is 22.7 Å². The Balaban J connectivity index is 2.48. The molecule has 84 valence electrons. The third-order valence-corrected chi connectivity index (χ3v) is 2.08. The summed E-state index contributed by atoms with van der Waals surface area (Å²) in [7, 11) is 1.70. The van der Waals surface area contributed by atoms with Crippen LogP contribution in [0.2, 0.25) is 0 Å². The van der Waals surface area contributed by atoms with Crippen LogP contribution in [0.4, 0.5) is 11.5 Å². The van der Waals surface area contributed by atoms with Crippen molar-refractivity contribution in [2.75, 3.05) is 24.5 Å². The molecule has 0 aromatic carbocycles. The van der Waals surface area contributed by atoms with Gasteiger partial charge < -0.3 is 15.5 Å². The van der Waals surface area contributed by atoms with Gasteiger partial charge in [-0.15, -0.1) is 0 Å². The molecule has 4 N–H and O–H groups in total. The van der Waals surface area contributed by atoms with Gasteiger partial charge in [-0.3, -0.25) is 0 Å². The minimum Gasteiger partial charge on any atom is -0.385 e. The van der Waals surface area contributed by atoms with Gasteiger partial charge in [0.05, 0.1) is 0 Å². The van der Waals surface area contributed by atoms with Crippen LogP contribution in [0.25, 0.3) is 0 Å². The summed E-state index contributed by atoms with van der Waals surface area (Å²) < 4.78 is 5.01. The zero-order valence-corrected chi connectivity index (χ0v) is 9.16. The van der Waals surface area contributed by atoms with Crippen molar-refractivity contribution in [3.63, 3.8) is 0 Å². The van der Waals surface area contributed by atoms with Gasteiger partial charge in [-0.25, -0.2) is 10.8 Å². The third-order valence-electron chi connectivity index (χ3n) is 2.08. The van der Waals surface area contributed by atoms with Gasteiger partial charge in [-0.1, -0.05) is 0 Å². The van der Waals surface area contributed by atoms with E-state index in [9.17, 15) is 0 Å². The average molecular weight is 210 g/mol. The van der Waals surface area contributed by atoms with E-state index in [-0.39, 0.29) is 0 Å². The van der Waals surface area contributed by atoms with Crippen molar-refractivity contribution in [1.29, 1.82) is 0 Å². The molecule has 5 heteroatoms. The largest absolute Gasteiger partial charge is 0.385 e. The Bertz CT molecular complexity index is 293. The van der Waals surface area contributed by atoms with Crippen molar-refractivity contribution in [1.82, 2.24) is 4.98 Å². The van der Waals surface area contributed by atoms with Crippen LogP contribution in [0, 0.1) is 0 Å². The summed E-state index contributed by atoms with van der Waals surface area (Å²) in [4.78, 5) is 4.03. The van der Waals surface area contributed by atoms with Crippen LogP contribution in [0.15, 0.2) is 18.3 Å². The maximum Gasteiger partial charge on any atom is 0.141 e. The number of ether oxygens (including phenoxy) is 1. The first kappa shape index (κ1) is 11.7. The highest BCUT2D eigenvalue weighted by atomic mass is 16.5. The molecule has 0 aliphatic heterocycles. The molecule has 0 aliphatic carbocycles. The Morgan fingerprint density at radius 2 is 2.40 bits per heavy atom. The molecule has 1 heterocycles. The lowest BCUT2D eigenvalue weighted by Gasteiger charge is -2.14. The van der Waals surface area contributed by atoms with Crippen LogP contribution >= 0.6 is 0 Å². The number of aromatic nitrogens is 1. The summed E-state index contributed by atoms with van der Waals surface area (Å²) in [6, 6.07) is 4.13. The van der Waals surface area contributed by atoms with Crippen molar-refractivity contribution in [3.8, 4) is 0 Å². The number of nitrogens with zero attached hydrogens (tertiary/aromatic N) is 1. The lowest BCUT2D eigenvalue weighted by Crippen LogP contribution is -2.17. The summed E-state index contributed by atoms with van der Waals surface area (Å²) in [5.41, 5.74) is 3.51. The van der Waals surface area contributed by atoms with Gasteiger partial charge in [0.25, 0.3) is 0 Å². The van der Waals surface area contributed by atoms with Crippen LogP contribution in [-0.4, -0.2) is 24.7 Å². The monoisotopic (exact) mass is 210 g/mol. The first-order valence-corrected chi connectivity index (χ1v) is 4.94. The summed E-state index contributed by atoms with van der Waals surface area (Å²) in [6.45, 7) is 2.86. The van der Waals surface area contributed by atoms with Crippen molar-refractivity contribution in [2.45, 2.75) is 19.4 Å². The number of hydrazine groups is 1. The summed E-state index contributed by atoms with van der Waals surface area (Å²) >= 11 is 0. The second kappa shape index (κ2) is 6.21. The molecule has 0 amide bonds. The Kier molecular flexibility index (Phi) is 4.86. The highest BCUT2D eigenvalue weighted by Crippen LogP contribution is 2.12. The fourth-order valence-corrected chi connectivity index (χ4v) is 1.25. The first-order chi connectivity index (χ1) is 7.26. The van der Waals surface area contributed by atoms with Gasteiger partial charge >= 0.3 is 0 Å². The van der Waals surface area contributed by atoms with E-state index in [0.29, 0.717) is 11.9 Å². The average Bonchev–Trinajstić information content (AvgIpc) is 2.26. The molecular formula is C10H18N4O. The minimum atomic E-state index is 0.359. The second-order valence-corrected chi connectivity index (χ2v) is 3.40. The van der Waals surface area contributed by atoms with Crippen LogP contribution in [0.1, 0.15) is 13.3 Å². The highest BCUT2D eigenvalue weighted by Gasteiger charge is 2.02. The zero-order chi connectivity index (χ0) is 11.1. The number of hydrogen-bond acceptors (Lipinski definition) is 5. The maximum absolute atomic E-state index is 5.27. The summed E-state index contributed by atoms with van der Waals surface area (Å²) in [5.74, 6) is 5.92. The van der Waals surface area contributed by atoms with Crippen LogP contribution in [0.3, 0.4) is 0 Å². The molecule has 1 rings (SSSR count). The Morgan fingerprint density at radius 3 is 3.07 bits per heavy atom. The van der Waals surface area contributed by atoms with Crippen molar-refractivity contribution < 1.29 is 4.74 Å². The molecule has 0 bridgehead atoms. The fraction of sp³-hybridized carbons (Fsp3) is 0.500. The van der Waals surface area contributed by atoms with E-state index < -0.39 is 0 Å². The number of nitrogens with one attached hydrogen (secondary N) is 2. The number of methoxy groups -OCH3 is 1. The molecule has 0 saturated carbocycles. The standard InChI is InChI=1S/C10H18N4O/c1-8(4-6-15-2)13-9-3-5-12-10(7-9)14-11/h3,5,7-8H,4,6,11H2,1-2H3,(H2,12,13,14). The first-order valence-electron chi connectivity index (χ1n) is 4.94. The minimum absolute atomic E-state index is 0.359. The molecular weight excluding hydrogens is 192 g/mol. The smallest absolute Gasteiger partial charge is 0.141 e. The Morgan fingerprint density at radius 1 is 1.60 bits per heavy atom. The topological polar surface area (TPSA) is 72.2 Å². The third kappa shape index (κ3) is 4.14. The molecule has 5 nitrogen and oxygen atoms in total. The highest BCUT2D eigenvalue weighted by molar-refractivity contribution is 5.51. The Labute approximate surface area is 90.0 Å². The van der Waals surface area contributed by atoms with Crippen LogP contribution in [0.5, 0.6) is 0 Å². The molecule has 0 fully saturated rings. The van der Waals surface area contributed by atoms with Gasteiger partial charge in [-0.05, 0) is 19.4 Å². The molecule has 0 saturated heterocycles. The number of hydrogen-bond donors (Lipinski definition) is 3. The molecule has 1 aromatic rings. The molecule has 1 aromatic heterocycles. The summed E-state index contributed by atoms with van der Waals surface area (Å²) in [6.07, 6.45) is 2.67. The lowest BCUT2D eigenvalue weighted by molar-refractivity contribution is 0.191. The molecule has 0 radical (unpaired) electrons. The molecule has 15 heavy (non-hydrogen) atoms. The van der Waals surface area contributed by atoms with Gasteiger partial charge in [0, 0.05) is 37.7 Å². The lowest BCUT2D eigenvalue weighted by atomic mass is 10.2. The van der Waals surface area contributed by atoms with E-state index >= 15 is 0 Å². The maximum atomic E-state index is 5.27. The zero-order valence-electron chi connectivity index (χ0n) is 9.16. The molecule has 1 atom stereocenters. The molecule has 0 aliphatic rings. The van der Waals surface area contributed by atoms with Crippen LogP contribution in [-0.2, 0) is 4.74 Å². The summed E-state index contributed by atoms with van der Waals surface area (Å²) in [5, 5.41) is 3.34. The second-order valence-electron chi connectivity index (χ2n) is 3.40. The van der Waals surface area contributed by atoms with E-state index in [1.807, 2.05) is 12.1 Å². The van der Waals surface area contributed by atoms with Gasteiger partial charge in [-0.2, -0.15) is 0 Å². The van der Waals surface area contributed by atoms with Crippen molar-refractivity contribution >= 4 is 11.5 Å². The normalized spacial score (nSPS) is 12.2. The number of rotatable bonds is 6. The predicted molar refractivity (Wildman–Crippen MR) is 61.6 cm³/mol. The molecule has 1 unspecified atom stereocenters. The Hall–Kier alpha value is -1.33. The number of anilines is 2. The van der Waals surface area contributed by atoms with E-state index in [4.69, 9.17) is 10.6 Å². The molecule has 0 spiro atoms. The van der Waals surface area contributed by atoms with Gasteiger partial charge in [0.1, 0.15) is 5.82 Å². The van der Waals surface area contributed by atoms with Gasteiger partial charge in [0.2, 0.25) is 0 Å². The van der Waals surface area contributed by atoms with Crippen LogP contribution < -0.4 is 16.6 Å². The van der Waals surface area contributed by atoms with Crippen molar-refractivity contribution in [3.05, 3.63) is 18.3 Å². The predicted octanol–water partition coefficient (Wildman–Crippen LogP) is 1.20. The van der Waals surface area contributed by atoms with Crippen molar-refractivity contribution in [2.24, 2.45) is 5.84 Å². The number of nitrogens with two attached hydrogens (primary N) is 1. The quantitative estimate of drug-likeness (QED) is 0.486. The fourth-order valence-electron chi connectivity index (χ4n) is 1.25. The number of nitrogen functional groups attached to an aromatic ring is 1. The van der Waals surface area contributed by atoms with E-state index in [1.54, 1.807) is 13.3 Å².